The molecule has 0 N–H and O–H groups in total. The molecule has 0 aromatic carbocycles. The van der Waals surface area contributed by atoms with Crippen molar-refractivity contribution in [1.82, 2.24) is 0 Å². The van der Waals surface area contributed by atoms with E-state index in [1.807, 2.05) is 0 Å². The van der Waals surface area contributed by atoms with Gasteiger partial charge in [-0.3, -0.25) is 0 Å². The first-order valence-corrected chi connectivity index (χ1v) is 6.60. The predicted octanol–water partition coefficient (Wildman–Crippen LogP) is 1.54. The Morgan fingerprint density at radius 2 is 1.31 bits per heavy atom. The molecule has 2 fully saturated rings. The van der Waals surface area contributed by atoms with E-state index in [0.29, 0.717) is 0 Å². The fourth-order valence-electron chi connectivity index (χ4n) is 2.04. The fourth-order valence-corrected chi connectivity index (χ4v) is 2.43. The summed E-state index contributed by atoms with van der Waals surface area (Å²) in [6, 6.07) is 0. The van der Waals surface area contributed by atoms with Gasteiger partial charge in [0.05, 0.1) is 31.6 Å². The Balaban J connectivity index is 2.03. The second-order valence-electron chi connectivity index (χ2n) is 4.32. The minimum Gasteiger partial charge on any atom is -0.351 e. The van der Waals surface area contributed by atoms with Crippen molar-refractivity contribution >= 4 is 9.24 Å². The van der Waals surface area contributed by atoms with Crippen LogP contribution in [0.3, 0.4) is 0 Å². The molecule has 2 aliphatic rings. The number of hydrogen-bond donors (Lipinski definition) is 0. The Morgan fingerprint density at radius 1 is 0.938 bits per heavy atom. The van der Waals surface area contributed by atoms with E-state index in [1.54, 1.807) is 0 Å². The molecule has 2 rings (SSSR count). The highest BCUT2D eigenvalue weighted by molar-refractivity contribution is 7.19. The molecule has 0 radical (unpaired) electrons. The van der Waals surface area contributed by atoms with Gasteiger partial charge in [-0.05, 0) is 19.3 Å². The molecule has 5 heteroatoms. The van der Waals surface area contributed by atoms with Crippen LogP contribution in [-0.4, -0.2) is 44.2 Å². The predicted molar refractivity (Wildman–Crippen MR) is 63.4 cm³/mol. The summed E-state index contributed by atoms with van der Waals surface area (Å²) in [7, 11) is 2.83. The maximum atomic E-state index is 5.68. The largest absolute Gasteiger partial charge is 0.351 e. The van der Waals surface area contributed by atoms with Gasteiger partial charge in [0.1, 0.15) is 0 Å². The molecule has 0 bridgehead atoms. The minimum absolute atomic E-state index is 0.237. The van der Waals surface area contributed by atoms with Crippen molar-refractivity contribution in [1.29, 1.82) is 0 Å². The summed E-state index contributed by atoms with van der Waals surface area (Å²) in [4.78, 5) is 0. The lowest BCUT2D eigenvalue weighted by Crippen LogP contribution is -2.54. The van der Waals surface area contributed by atoms with Gasteiger partial charge in [0, 0.05) is 0 Å². The number of rotatable bonds is 3. The summed E-state index contributed by atoms with van der Waals surface area (Å²) in [5.41, 5.74) is 0. The Morgan fingerprint density at radius 3 is 1.62 bits per heavy atom. The second kappa shape index (κ2) is 5.74. The molecule has 0 saturated carbocycles. The van der Waals surface area contributed by atoms with Gasteiger partial charge >= 0.3 is 0 Å². The van der Waals surface area contributed by atoms with Crippen molar-refractivity contribution in [3.05, 3.63) is 0 Å². The Hall–Kier alpha value is 0.270. The third-order valence-electron chi connectivity index (χ3n) is 3.14. The van der Waals surface area contributed by atoms with Crippen LogP contribution in [0.25, 0.3) is 0 Å². The standard InChI is InChI=1S/C11H21O4P/c1-2-11(16,9-12-5-3-6-13-9)10-14-7-4-8-15-10/h9-10H,2-8,16H2,1H3. The highest BCUT2D eigenvalue weighted by atomic mass is 31.0. The Labute approximate surface area is 99.2 Å². The zero-order valence-electron chi connectivity index (χ0n) is 9.81. The monoisotopic (exact) mass is 248 g/mol. The molecular weight excluding hydrogens is 227 g/mol. The first-order chi connectivity index (χ1) is 7.77. The van der Waals surface area contributed by atoms with E-state index >= 15 is 0 Å². The maximum Gasteiger partial charge on any atom is 0.171 e. The SMILES string of the molecule is CCC(P)(C1OCCCO1)C1OCCCO1. The van der Waals surface area contributed by atoms with E-state index in [9.17, 15) is 0 Å². The van der Waals surface area contributed by atoms with Crippen LogP contribution in [0.4, 0.5) is 0 Å². The van der Waals surface area contributed by atoms with Crippen molar-refractivity contribution in [2.24, 2.45) is 0 Å². The van der Waals surface area contributed by atoms with E-state index in [-0.39, 0.29) is 17.7 Å². The molecular formula is C11H21O4P. The molecule has 0 aromatic heterocycles. The number of hydrogen-bond acceptors (Lipinski definition) is 4. The van der Waals surface area contributed by atoms with Crippen LogP contribution in [-0.2, 0) is 18.9 Å². The van der Waals surface area contributed by atoms with Gasteiger partial charge in [0.15, 0.2) is 12.6 Å². The summed E-state index contributed by atoms with van der Waals surface area (Å²) in [5.74, 6) is 0. The van der Waals surface area contributed by atoms with Crippen LogP contribution in [0.5, 0.6) is 0 Å². The zero-order chi connectivity index (χ0) is 11.4. The molecule has 4 nitrogen and oxygen atoms in total. The highest BCUT2D eigenvalue weighted by Gasteiger charge is 2.45. The Kier molecular flexibility index (Phi) is 4.57. The van der Waals surface area contributed by atoms with Crippen LogP contribution in [0, 0.1) is 0 Å². The van der Waals surface area contributed by atoms with Crippen molar-refractivity contribution in [2.45, 2.75) is 43.9 Å². The lowest BCUT2D eigenvalue weighted by molar-refractivity contribution is -0.266. The van der Waals surface area contributed by atoms with E-state index in [0.717, 1.165) is 45.7 Å². The molecule has 0 amide bonds. The van der Waals surface area contributed by atoms with Crippen LogP contribution in [0.1, 0.15) is 26.2 Å². The number of ether oxygens (including phenoxy) is 4. The smallest absolute Gasteiger partial charge is 0.171 e. The molecule has 16 heavy (non-hydrogen) atoms. The summed E-state index contributed by atoms with van der Waals surface area (Å²) in [6.45, 7) is 5.14. The molecule has 2 heterocycles. The minimum atomic E-state index is -0.291. The normalized spacial score (nSPS) is 25.9. The van der Waals surface area contributed by atoms with Gasteiger partial charge in [0.25, 0.3) is 0 Å². The van der Waals surface area contributed by atoms with Crippen molar-refractivity contribution in [3.8, 4) is 0 Å². The van der Waals surface area contributed by atoms with E-state index < -0.39 is 0 Å². The van der Waals surface area contributed by atoms with Crippen LogP contribution < -0.4 is 0 Å². The van der Waals surface area contributed by atoms with Gasteiger partial charge < -0.3 is 18.9 Å². The molecule has 2 saturated heterocycles. The van der Waals surface area contributed by atoms with E-state index in [4.69, 9.17) is 18.9 Å². The van der Waals surface area contributed by atoms with Gasteiger partial charge in [-0.2, -0.15) is 0 Å². The van der Waals surface area contributed by atoms with Gasteiger partial charge in [0.2, 0.25) is 0 Å². The summed E-state index contributed by atoms with van der Waals surface area (Å²) in [5, 5.41) is -0.291. The van der Waals surface area contributed by atoms with E-state index in [2.05, 4.69) is 16.2 Å². The first kappa shape index (κ1) is 12.7. The van der Waals surface area contributed by atoms with Crippen LogP contribution in [0.2, 0.25) is 0 Å². The van der Waals surface area contributed by atoms with Crippen molar-refractivity contribution in [3.63, 3.8) is 0 Å². The Bertz CT molecular complexity index is 194. The van der Waals surface area contributed by atoms with Crippen LogP contribution >= 0.6 is 9.24 Å². The topological polar surface area (TPSA) is 36.9 Å². The van der Waals surface area contributed by atoms with Gasteiger partial charge in [-0.15, -0.1) is 9.24 Å². The quantitative estimate of drug-likeness (QED) is 0.710. The van der Waals surface area contributed by atoms with Crippen molar-refractivity contribution in [2.75, 3.05) is 26.4 Å². The maximum absolute atomic E-state index is 5.68. The molecule has 0 spiro atoms. The second-order valence-corrected chi connectivity index (χ2v) is 5.39. The highest BCUT2D eigenvalue weighted by Crippen LogP contribution is 2.38. The summed E-state index contributed by atoms with van der Waals surface area (Å²) in [6.07, 6.45) is 2.34. The molecule has 0 aliphatic carbocycles. The summed E-state index contributed by atoms with van der Waals surface area (Å²) >= 11 is 0. The van der Waals surface area contributed by atoms with Gasteiger partial charge in [-0.25, -0.2) is 0 Å². The third kappa shape index (κ3) is 2.57. The average molecular weight is 248 g/mol. The lowest BCUT2D eigenvalue weighted by Gasteiger charge is -2.44. The van der Waals surface area contributed by atoms with E-state index in [1.165, 1.54) is 0 Å². The fraction of sp³-hybridized carbons (Fsp3) is 1.00. The molecule has 1 unspecified atom stereocenters. The summed E-state index contributed by atoms with van der Waals surface area (Å²) < 4.78 is 22.7. The average Bonchev–Trinajstić information content (AvgIpc) is 2.40. The molecule has 0 aromatic rings. The molecule has 2 aliphatic heterocycles. The third-order valence-corrected chi connectivity index (χ3v) is 4.10. The van der Waals surface area contributed by atoms with Crippen molar-refractivity contribution < 1.29 is 18.9 Å². The first-order valence-electron chi connectivity index (χ1n) is 6.02. The zero-order valence-corrected chi connectivity index (χ0v) is 11.0. The molecule has 94 valence electrons. The molecule has 1 atom stereocenters. The lowest BCUT2D eigenvalue weighted by atomic mass is 10.0. The van der Waals surface area contributed by atoms with Gasteiger partial charge in [-0.1, -0.05) is 6.92 Å². The van der Waals surface area contributed by atoms with Crippen LogP contribution in [0.15, 0.2) is 0 Å².